The van der Waals surface area contributed by atoms with E-state index in [4.69, 9.17) is 4.74 Å². The first-order chi connectivity index (χ1) is 11.1. The molecule has 0 aromatic heterocycles. The van der Waals surface area contributed by atoms with Gasteiger partial charge in [-0.3, -0.25) is 9.59 Å². The van der Waals surface area contributed by atoms with Gasteiger partial charge in [-0.05, 0) is 6.42 Å². The number of carbonyl (C=O) groups excluding carboxylic acids is 2. The number of hydrogen-bond donors (Lipinski definition) is 2. The van der Waals surface area contributed by atoms with E-state index in [1.165, 1.54) is 65.4 Å². The molecule has 0 radical (unpaired) electrons. The topological polar surface area (TPSA) is 67.4 Å². The molecule has 0 fully saturated rings. The van der Waals surface area contributed by atoms with Crippen LogP contribution < -0.4 is 10.6 Å². The molecule has 0 saturated carbocycles. The number of amides is 2. The van der Waals surface area contributed by atoms with Crippen molar-refractivity contribution in [3.63, 3.8) is 0 Å². The van der Waals surface area contributed by atoms with Gasteiger partial charge in [0.2, 0.25) is 11.8 Å². The van der Waals surface area contributed by atoms with E-state index < -0.39 is 6.04 Å². The number of unbranched alkanes of at least 4 members (excludes halogenated alkanes) is 9. The van der Waals surface area contributed by atoms with Gasteiger partial charge in [-0.25, -0.2) is 0 Å². The molecule has 0 spiro atoms. The van der Waals surface area contributed by atoms with Crippen molar-refractivity contribution < 1.29 is 14.3 Å². The molecular weight excluding hydrogens is 292 g/mol. The second-order valence-electron chi connectivity index (χ2n) is 6.18. The van der Waals surface area contributed by atoms with Crippen LogP contribution in [0.4, 0.5) is 0 Å². The van der Waals surface area contributed by atoms with E-state index in [1.807, 2.05) is 0 Å². The molecule has 0 aromatic rings. The fraction of sp³-hybridized carbons (Fsp3) is 0.889. The minimum atomic E-state index is -0.597. The monoisotopic (exact) mass is 328 g/mol. The lowest BCUT2D eigenvalue weighted by Crippen LogP contribution is -2.48. The lowest BCUT2D eigenvalue weighted by atomic mass is 10.1. The molecule has 0 rings (SSSR count). The van der Waals surface area contributed by atoms with Crippen LogP contribution in [-0.4, -0.2) is 38.1 Å². The zero-order chi connectivity index (χ0) is 17.3. The molecular formula is C18H36N2O3. The summed E-state index contributed by atoms with van der Waals surface area (Å²) in [5.41, 5.74) is 0. The van der Waals surface area contributed by atoms with E-state index in [-0.39, 0.29) is 18.4 Å². The highest BCUT2D eigenvalue weighted by Crippen LogP contribution is 2.10. The molecule has 0 aliphatic heterocycles. The maximum absolute atomic E-state index is 11.9. The van der Waals surface area contributed by atoms with Crippen LogP contribution in [0.25, 0.3) is 0 Å². The molecule has 0 heterocycles. The van der Waals surface area contributed by atoms with Crippen LogP contribution in [0.3, 0.4) is 0 Å². The van der Waals surface area contributed by atoms with Crippen molar-refractivity contribution in [2.24, 2.45) is 0 Å². The fourth-order valence-corrected chi connectivity index (χ4v) is 2.54. The first-order valence-corrected chi connectivity index (χ1v) is 9.15. The Morgan fingerprint density at radius 2 is 1.43 bits per heavy atom. The zero-order valence-corrected chi connectivity index (χ0v) is 15.3. The summed E-state index contributed by atoms with van der Waals surface area (Å²) >= 11 is 0. The van der Waals surface area contributed by atoms with Crippen LogP contribution in [0.2, 0.25) is 0 Å². The van der Waals surface area contributed by atoms with E-state index in [0.29, 0.717) is 6.54 Å². The zero-order valence-electron chi connectivity index (χ0n) is 15.3. The molecule has 5 heteroatoms. The summed E-state index contributed by atoms with van der Waals surface area (Å²) in [6.07, 6.45) is 12.7. The lowest BCUT2D eigenvalue weighted by Gasteiger charge is -2.16. The van der Waals surface area contributed by atoms with Crippen molar-refractivity contribution in [3.05, 3.63) is 0 Å². The van der Waals surface area contributed by atoms with Crippen LogP contribution in [0, 0.1) is 0 Å². The Hall–Kier alpha value is -1.10. The fourth-order valence-electron chi connectivity index (χ4n) is 2.54. The molecule has 1 atom stereocenters. The predicted molar refractivity (Wildman–Crippen MR) is 94.3 cm³/mol. The Morgan fingerprint density at radius 3 is 1.91 bits per heavy atom. The average molecular weight is 328 g/mol. The molecule has 0 aliphatic carbocycles. The Bertz CT molecular complexity index is 309. The summed E-state index contributed by atoms with van der Waals surface area (Å²) in [6.45, 7) is 4.50. The highest BCUT2D eigenvalue weighted by molar-refractivity contribution is 5.86. The summed E-state index contributed by atoms with van der Waals surface area (Å²) in [5.74, 6) is -0.390. The smallest absolute Gasteiger partial charge is 0.244 e. The third-order valence-electron chi connectivity index (χ3n) is 3.86. The van der Waals surface area contributed by atoms with Crippen molar-refractivity contribution in [1.29, 1.82) is 0 Å². The summed E-state index contributed by atoms with van der Waals surface area (Å²) in [7, 11) is 1.52. The summed E-state index contributed by atoms with van der Waals surface area (Å²) in [6, 6.07) is -0.597. The van der Waals surface area contributed by atoms with Gasteiger partial charge >= 0.3 is 0 Å². The molecule has 5 nitrogen and oxygen atoms in total. The number of hydrogen-bond acceptors (Lipinski definition) is 3. The Kier molecular flexibility index (Phi) is 15.0. The molecule has 0 aromatic carbocycles. The number of carbonyl (C=O) groups is 2. The third-order valence-corrected chi connectivity index (χ3v) is 3.86. The Labute approximate surface area is 141 Å². The summed E-state index contributed by atoms with van der Waals surface area (Å²) < 4.78 is 4.96. The van der Waals surface area contributed by atoms with Crippen LogP contribution in [-0.2, 0) is 14.3 Å². The van der Waals surface area contributed by atoms with Gasteiger partial charge in [0.1, 0.15) is 6.04 Å². The van der Waals surface area contributed by atoms with E-state index in [0.717, 1.165) is 12.8 Å². The van der Waals surface area contributed by atoms with Crippen molar-refractivity contribution >= 4 is 11.8 Å². The van der Waals surface area contributed by atoms with Crippen molar-refractivity contribution in [2.45, 2.75) is 84.1 Å². The first-order valence-electron chi connectivity index (χ1n) is 9.15. The maximum Gasteiger partial charge on any atom is 0.244 e. The minimum Gasteiger partial charge on any atom is -0.382 e. The van der Waals surface area contributed by atoms with Crippen LogP contribution in [0.1, 0.15) is 78.1 Å². The number of methoxy groups -OCH3 is 1. The standard InChI is InChI=1S/C18H36N2O3/c1-4-5-6-7-8-9-10-11-12-13-14-19-18(22)17(15-23-3)20-16(2)21/h17H,4-15H2,1-3H3,(H,19,22)(H,20,21)/t17-/m1/s1. The number of rotatable bonds is 15. The molecule has 0 aliphatic rings. The van der Waals surface area contributed by atoms with Gasteiger partial charge in [0.25, 0.3) is 0 Å². The lowest BCUT2D eigenvalue weighted by molar-refractivity contribution is -0.129. The van der Waals surface area contributed by atoms with Gasteiger partial charge in [-0.15, -0.1) is 0 Å². The molecule has 0 saturated heterocycles. The van der Waals surface area contributed by atoms with E-state index in [2.05, 4.69) is 17.6 Å². The second-order valence-corrected chi connectivity index (χ2v) is 6.18. The van der Waals surface area contributed by atoms with Crippen LogP contribution >= 0.6 is 0 Å². The summed E-state index contributed by atoms with van der Waals surface area (Å²) in [5, 5.41) is 5.46. The van der Waals surface area contributed by atoms with Crippen molar-refractivity contribution in [1.82, 2.24) is 10.6 Å². The number of ether oxygens (including phenoxy) is 1. The van der Waals surface area contributed by atoms with Crippen molar-refractivity contribution in [3.8, 4) is 0 Å². The molecule has 2 N–H and O–H groups in total. The highest BCUT2D eigenvalue weighted by Gasteiger charge is 2.18. The highest BCUT2D eigenvalue weighted by atomic mass is 16.5. The van der Waals surface area contributed by atoms with Gasteiger partial charge in [-0.1, -0.05) is 64.7 Å². The first kappa shape index (κ1) is 21.9. The molecule has 0 bridgehead atoms. The third kappa shape index (κ3) is 14.2. The largest absolute Gasteiger partial charge is 0.382 e. The normalized spacial score (nSPS) is 12.0. The SMILES string of the molecule is CCCCCCCCCCCCNC(=O)[C@@H](COC)NC(C)=O. The second kappa shape index (κ2) is 15.8. The predicted octanol–water partition coefficient (Wildman–Crippen LogP) is 3.17. The number of nitrogens with one attached hydrogen (secondary N) is 2. The van der Waals surface area contributed by atoms with Gasteiger partial charge in [-0.2, -0.15) is 0 Å². The van der Waals surface area contributed by atoms with Gasteiger partial charge in [0, 0.05) is 20.6 Å². The maximum atomic E-state index is 11.9. The molecule has 23 heavy (non-hydrogen) atoms. The van der Waals surface area contributed by atoms with Crippen LogP contribution in [0.15, 0.2) is 0 Å². The average Bonchev–Trinajstić information content (AvgIpc) is 2.51. The molecule has 2 amide bonds. The van der Waals surface area contributed by atoms with Gasteiger partial charge in [0.15, 0.2) is 0 Å². The van der Waals surface area contributed by atoms with E-state index in [1.54, 1.807) is 0 Å². The minimum absolute atomic E-state index is 0.169. The Morgan fingerprint density at radius 1 is 0.913 bits per heavy atom. The van der Waals surface area contributed by atoms with Crippen LogP contribution in [0.5, 0.6) is 0 Å². The Balaban J connectivity index is 3.51. The van der Waals surface area contributed by atoms with Crippen molar-refractivity contribution in [2.75, 3.05) is 20.3 Å². The van der Waals surface area contributed by atoms with Gasteiger partial charge < -0.3 is 15.4 Å². The van der Waals surface area contributed by atoms with Gasteiger partial charge in [0.05, 0.1) is 6.61 Å². The van der Waals surface area contributed by atoms with E-state index in [9.17, 15) is 9.59 Å². The van der Waals surface area contributed by atoms with E-state index >= 15 is 0 Å². The molecule has 0 unspecified atom stereocenters. The quantitative estimate of drug-likeness (QED) is 0.454. The summed E-state index contributed by atoms with van der Waals surface area (Å²) in [4.78, 5) is 23.0. The molecule has 136 valence electrons.